The Balaban J connectivity index is 2.16. The van der Waals surface area contributed by atoms with Gasteiger partial charge in [-0.3, -0.25) is 9.59 Å². The van der Waals surface area contributed by atoms with Crippen LogP contribution in [-0.4, -0.2) is 35.5 Å². The van der Waals surface area contributed by atoms with Gasteiger partial charge in [0.1, 0.15) is 0 Å². The number of aliphatic carboxylic acids is 1. The van der Waals surface area contributed by atoms with Crippen LogP contribution in [0, 0.1) is 11.3 Å². The van der Waals surface area contributed by atoms with Gasteiger partial charge >= 0.3 is 5.97 Å². The summed E-state index contributed by atoms with van der Waals surface area (Å²) in [6, 6.07) is 7.64. The Morgan fingerprint density at radius 1 is 1.35 bits per heavy atom. The van der Waals surface area contributed by atoms with Crippen molar-refractivity contribution in [1.29, 1.82) is 0 Å². The maximum atomic E-state index is 13.0. The largest absolute Gasteiger partial charge is 0.481 e. The second-order valence-electron chi connectivity index (χ2n) is 6.72. The van der Waals surface area contributed by atoms with E-state index >= 15 is 0 Å². The van der Waals surface area contributed by atoms with Gasteiger partial charge in [-0.05, 0) is 37.0 Å². The molecule has 1 aliphatic carbocycles. The molecule has 1 aromatic rings. The van der Waals surface area contributed by atoms with Crippen molar-refractivity contribution in [2.75, 3.05) is 13.6 Å². The summed E-state index contributed by atoms with van der Waals surface area (Å²) in [6.45, 7) is 1.87. The Hall–Kier alpha value is -1.55. The van der Waals surface area contributed by atoms with Crippen LogP contribution >= 0.6 is 11.6 Å². The summed E-state index contributed by atoms with van der Waals surface area (Å²) in [5, 5.41) is 9.73. The maximum Gasteiger partial charge on any atom is 0.308 e. The summed E-state index contributed by atoms with van der Waals surface area (Å²) in [7, 11) is 1.71. The smallest absolute Gasteiger partial charge is 0.308 e. The fourth-order valence-electron chi connectivity index (χ4n) is 3.53. The summed E-state index contributed by atoms with van der Waals surface area (Å²) in [4.78, 5) is 25.6. The van der Waals surface area contributed by atoms with Crippen molar-refractivity contribution in [2.24, 2.45) is 11.3 Å². The number of carboxylic acids is 1. The Morgan fingerprint density at radius 3 is 2.57 bits per heavy atom. The number of benzene rings is 1. The summed E-state index contributed by atoms with van der Waals surface area (Å²) in [5.74, 6) is -1.38. The minimum atomic E-state index is -0.875. The minimum absolute atomic E-state index is 0.0584. The SMILES string of the molecule is CC(CN(C)C(=O)C1(Cc2cccc(Cl)c2)CCCC1)C(=O)O. The first-order valence-electron chi connectivity index (χ1n) is 8.07. The van der Waals surface area contributed by atoms with Gasteiger partial charge in [-0.15, -0.1) is 0 Å². The third-order valence-electron chi connectivity index (χ3n) is 4.76. The first-order chi connectivity index (χ1) is 10.8. The molecule has 23 heavy (non-hydrogen) atoms. The second-order valence-corrected chi connectivity index (χ2v) is 7.16. The van der Waals surface area contributed by atoms with Gasteiger partial charge in [0.2, 0.25) is 5.91 Å². The van der Waals surface area contributed by atoms with Crippen LogP contribution in [0.1, 0.15) is 38.2 Å². The highest BCUT2D eigenvalue weighted by molar-refractivity contribution is 6.30. The predicted octanol–water partition coefficient (Wildman–Crippen LogP) is 3.62. The number of rotatable bonds is 6. The molecular weight excluding hydrogens is 314 g/mol. The van der Waals surface area contributed by atoms with Crippen molar-refractivity contribution >= 4 is 23.5 Å². The molecule has 1 fully saturated rings. The van der Waals surface area contributed by atoms with Gasteiger partial charge in [0.25, 0.3) is 0 Å². The zero-order chi connectivity index (χ0) is 17.0. The monoisotopic (exact) mass is 337 g/mol. The zero-order valence-corrected chi connectivity index (χ0v) is 14.5. The fraction of sp³-hybridized carbons (Fsp3) is 0.556. The van der Waals surface area contributed by atoms with E-state index in [4.69, 9.17) is 16.7 Å². The standard InChI is InChI=1S/C18H24ClNO3/c1-13(16(21)22)12-20(2)17(23)18(8-3-4-9-18)11-14-6-5-7-15(19)10-14/h5-7,10,13H,3-4,8-9,11-12H2,1-2H3,(H,21,22). The lowest BCUT2D eigenvalue weighted by Crippen LogP contribution is -2.44. The molecule has 1 amide bonds. The third-order valence-corrected chi connectivity index (χ3v) is 5.00. The lowest BCUT2D eigenvalue weighted by molar-refractivity contribution is -0.145. The maximum absolute atomic E-state index is 13.0. The van der Waals surface area contributed by atoms with Crippen LogP contribution in [0.15, 0.2) is 24.3 Å². The number of nitrogens with zero attached hydrogens (tertiary/aromatic N) is 1. The van der Waals surface area contributed by atoms with Crippen molar-refractivity contribution in [3.05, 3.63) is 34.9 Å². The Labute approximate surface area is 142 Å². The highest BCUT2D eigenvalue weighted by atomic mass is 35.5. The van der Waals surface area contributed by atoms with E-state index in [0.29, 0.717) is 11.4 Å². The van der Waals surface area contributed by atoms with Crippen molar-refractivity contribution in [3.8, 4) is 0 Å². The third kappa shape index (κ3) is 4.25. The molecule has 0 heterocycles. The first kappa shape index (κ1) is 17.8. The Kier molecular flexibility index (Phi) is 5.69. The highest BCUT2D eigenvalue weighted by Gasteiger charge is 2.43. The lowest BCUT2D eigenvalue weighted by atomic mass is 9.78. The van der Waals surface area contributed by atoms with Gasteiger partial charge < -0.3 is 10.0 Å². The number of carboxylic acid groups (broad SMARTS) is 1. The first-order valence-corrected chi connectivity index (χ1v) is 8.45. The van der Waals surface area contributed by atoms with E-state index in [0.717, 1.165) is 31.2 Å². The molecule has 1 atom stereocenters. The molecule has 0 bridgehead atoms. The zero-order valence-electron chi connectivity index (χ0n) is 13.7. The van der Waals surface area contributed by atoms with Crippen LogP contribution in [0.4, 0.5) is 0 Å². The van der Waals surface area contributed by atoms with Crippen molar-refractivity contribution in [3.63, 3.8) is 0 Å². The average Bonchev–Trinajstić information content (AvgIpc) is 2.95. The molecule has 2 rings (SSSR count). The minimum Gasteiger partial charge on any atom is -0.481 e. The Morgan fingerprint density at radius 2 is 2.00 bits per heavy atom. The highest BCUT2D eigenvalue weighted by Crippen LogP contribution is 2.42. The molecule has 0 aromatic heterocycles. The molecule has 0 spiro atoms. The van der Waals surface area contributed by atoms with Gasteiger partial charge in [0.15, 0.2) is 0 Å². The van der Waals surface area contributed by atoms with Gasteiger partial charge in [-0.1, -0.05) is 43.5 Å². The number of halogens is 1. The number of amides is 1. The number of carbonyl (C=O) groups excluding carboxylic acids is 1. The molecule has 1 aliphatic rings. The van der Waals surface area contributed by atoms with Gasteiger partial charge in [0.05, 0.1) is 11.3 Å². The number of hydrogen-bond acceptors (Lipinski definition) is 2. The van der Waals surface area contributed by atoms with Gasteiger partial charge in [-0.25, -0.2) is 0 Å². The topological polar surface area (TPSA) is 57.6 Å². The molecule has 4 nitrogen and oxygen atoms in total. The molecule has 5 heteroatoms. The summed E-state index contributed by atoms with van der Waals surface area (Å²) < 4.78 is 0. The van der Waals surface area contributed by atoms with Crippen LogP contribution in [0.3, 0.4) is 0 Å². The van der Waals surface area contributed by atoms with Crippen molar-refractivity contribution in [1.82, 2.24) is 4.90 Å². The van der Waals surface area contributed by atoms with E-state index < -0.39 is 17.3 Å². The normalized spacial score (nSPS) is 17.7. The van der Waals surface area contributed by atoms with Crippen LogP contribution < -0.4 is 0 Å². The van der Waals surface area contributed by atoms with Crippen molar-refractivity contribution < 1.29 is 14.7 Å². The molecule has 0 radical (unpaired) electrons. The van der Waals surface area contributed by atoms with E-state index in [9.17, 15) is 9.59 Å². The summed E-state index contributed by atoms with van der Waals surface area (Å²) >= 11 is 6.06. The lowest BCUT2D eigenvalue weighted by Gasteiger charge is -2.33. The van der Waals surface area contributed by atoms with Gasteiger partial charge in [0, 0.05) is 18.6 Å². The second kappa shape index (κ2) is 7.35. The van der Waals surface area contributed by atoms with E-state index in [1.54, 1.807) is 18.9 Å². The fourth-order valence-corrected chi connectivity index (χ4v) is 3.75. The number of hydrogen-bond donors (Lipinski definition) is 1. The number of carbonyl (C=O) groups is 2. The van der Waals surface area contributed by atoms with E-state index in [1.807, 2.05) is 24.3 Å². The molecule has 0 saturated heterocycles. The quantitative estimate of drug-likeness (QED) is 0.862. The van der Waals surface area contributed by atoms with Crippen LogP contribution in [0.2, 0.25) is 5.02 Å². The summed E-state index contributed by atoms with van der Waals surface area (Å²) in [5.41, 5.74) is 0.643. The van der Waals surface area contributed by atoms with Crippen LogP contribution in [0.25, 0.3) is 0 Å². The van der Waals surface area contributed by atoms with E-state index in [1.165, 1.54) is 0 Å². The molecule has 1 N–H and O–H groups in total. The molecule has 126 valence electrons. The van der Waals surface area contributed by atoms with E-state index in [-0.39, 0.29) is 12.5 Å². The average molecular weight is 338 g/mol. The summed E-state index contributed by atoms with van der Waals surface area (Å²) in [6.07, 6.45) is 4.44. The molecule has 1 saturated carbocycles. The van der Waals surface area contributed by atoms with Gasteiger partial charge in [-0.2, -0.15) is 0 Å². The molecule has 0 aliphatic heterocycles. The van der Waals surface area contributed by atoms with Crippen LogP contribution in [0.5, 0.6) is 0 Å². The van der Waals surface area contributed by atoms with Crippen molar-refractivity contribution in [2.45, 2.75) is 39.0 Å². The van der Waals surface area contributed by atoms with E-state index in [2.05, 4.69) is 0 Å². The molecular formula is C18H24ClNO3. The molecule has 1 aromatic carbocycles. The Bertz CT molecular complexity index is 581. The predicted molar refractivity (Wildman–Crippen MR) is 90.5 cm³/mol. The van der Waals surface area contributed by atoms with Crippen LogP contribution in [-0.2, 0) is 16.0 Å². The molecule has 1 unspecified atom stereocenters.